The molecule has 0 spiro atoms. The van der Waals surface area contributed by atoms with Gasteiger partial charge in [0.2, 0.25) is 0 Å². The average molecular weight is 248 g/mol. The summed E-state index contributed by atoms with van der Waals surface area (Å²) in [5.74, 6) is 0.706. The van der Waals surface area contributed by atoms with E-state index in [1.165, 1.54) is 31.7 Å². The lowest BCUT2D eigenvalue weighted by atomic mass is 9.86. The van der Waals surface area contributed by atoms with E-state index < -0.39 is 0 Å². The van der Waals surface area contributed by atoms with Crippen LogP contribution in [0.3, 0.4) is 0 Å². The van der Waals surface area contributed by atoms with Crippen molar-refractivity contribution >= 4 is 5.69 Å². The molecular weight excluding hydrogens is 228 g/mol. The summed E-state index contributed by atoms with van der Waals surface area (Å²) in [4.78, 5) is 10.4. The second-order valence-corrected chi connectivity index (χ2v) is 5.18. The van der Waals surface area contributed by atoms with Crippen molar-refractivity contribution in [2.45, 2.75) is 45.2 Å². The topological polar surface area (TPSA) is 55.2 Å². The number of nitrogens with zero attached hydrogens (tertiary/aromatic N) is 1. The molecule has 1 aromatic carbocycles. The molecule has 1 aliphatic carbocycles. The highest BCUT2D eigenvalue weighted by Gasteiger charge is 2.20. The minimum absolute atomic E-state index is 0.172. The minimum Gasteiger partial charge on any atom is -0.310 e. The highest BCUT2D eigenvalue weighted by molar-refractivity contribution is 5.34. The van der Waals surface area contributed by atoms with E-state index in [4.69, 9.17) is 0 Å². The molecule has 0 aliphatic heterocycles. The van der Waals surface area contributed by atoms with Crippen LogP contribution in [0, 0.1) is 16.0 Å². The fourth-order valence-corrected chi connectivity index (χ4v) is 2.65. The summed E-state index contributed by atoms with van der Waals surface area (Å²) in [6, 6.07) is 7.43. The van der Waals surface area contributed by atoms with Crippen LogP contribution in [0.25, 0.3) is 0 Å². The van der Waals surface area contributed by atoms with Crippen LogP contribution in [0.1, 0.15) is 38.2 Å². The summed E-state index contributed by atoms with van der Waals surface area (Å²) in [7, 11) is 0. The highest BCUT2D eigenvalue weighted by atomic mass is 16.6. The maximum absolute atomic E-state index is 10.7. The molecule has 0 amide bonds. The summed E-state index contributed by atoms with van der Waals surface area (Å²) < 4.78 is 0. The monoisotopic (exact) mass is 248 g/mol. The minimum atomic E-state index is -0.341. The molecule has 1 N–H and O–H groups in total. The van der Waals surface area contributed by atoms with Gasteiger partial charge in [0.1, 0.15) is 0 Å². The number of nitrogens with one attached hydrogen (secondary N) is 1. The molecule has 2 rings (SSSR count). The van der Waals surface area contributed by atoms with Crippen molar-refractivity contribution in [2.24, 2.45) is 5.92 Å². The number of benzene rings is 1. The zero-order valence-corrected chi connectivity index (χ0v) is 10.8. The van der Waals surface area contributed by atoms with Crippen LogP contribution in [0.4, 0.5) is 5.69 Å². The predicted octanol–water partition coefficient (Wildman–Crippen LogP) is 3.26. The van der Waals surface area contributed by atoms with E-state index in [2.05, 4.69) is 12.2 Å². The van der Waals surface area contributed by atoms with Crippen LogP contribution < -0.4 is 5.32 Å². The molecule has 0 saturated heterocycles. The molecule has 0 heterocycles. The molecule has 1 saturated carbocycles. The average Bonchev–Trinajstić information content (AvgIpc) is 2.38. The standard InChI is InChI=1S/C14H20N2O2/c1-11-5-2-3-8-14(11)15-10-12-6-4-7-13(9-12)16(17)18/h4,6-7,9,11,14-15H,2-3,5,8,10H2,1H3/t11-,14-/m0/s1. The molecule has 98 valence electrons. The fourth-order valence-electron chi connectivity index (χ4n) is 2.65. The van der Waals surface area contributed by atoms with Gasteiger partial charge in [-0.2, -0.15) is 0 Å². The van der Waals surface area contributed by atoms with Gasteiger partial charge in [-0.1, -0.05) is 31.9 Å². The molecule has 0 bridgehead atoms. The highest BCUT2D eigenvalue weighted by Crippen LogP contribution is 2.24. The Kier molecular flexibility index (Phi) is 4.31. The summed E-state index contributed by atoms with van der Waals surface area (Å²) >= 11 is 0. The Bertz CT molecular complexity index is 420. The van der Waals surface area contributed by atoms with E-state index in [1.807, 2.05) is 6.07 Å². The van der Waals surface area contributed by atoms with Gasteiger partial charge in [-0.05, 0) is 24.3 Å². The van der Waals surface area contributed by atoms with Crippen molar-refractivity contribution in [1.29, 1.82) is 0 Å². The third-order valence-corrected chi connectivity index (χ3v) is 3.80. The summed E-state index contributed by atoms with van der Waals surface area (Å²) in [5.41, 5.74) is 1.16. The van der Waals surface area contributed by atoms with Gasteiger partial charge in [0.15, 0.2) is 0 Å². The third kappa shape index (κ3) is 3.29. The molecule has 0 unspecified atom stereocenters. The van der Waals surface area contributed by atoms with E-state index in [1.54, 1.807) is 12.1 Å². The first-order chi connectivity index (χ1) is 8.66. The molecule has 2 atom stereocenters. The first-order valence-electron chi connectivity index (χ1n) is 6.63. The third-order valence-electron chi connectivity index (χ3n) is 3.80. The Hall–Kier alpha value is -1.42. The molecule has 18 heavy (non-hydrogen) atoms. The number of nitro groups is 1. The normalized spacial score (nSPS) is 23.8. The van der Waals surface area contributed by atoms with Crippen LogP contribution in [0.15, 0.2) is 24.3 Å². The lowest BCUT2D eigenvalue weighted by molar-refractivity contribution is -0.384. The number of rotatable bonds is 4. The Morgan fingerprint density at radius 1 is 1.39 bits per heavy atom. The molecular formula is C14H20N2O2. The van der Waals surface area contributed by atoms with Crippen molar-refractivity contribution < 1.29 is 4.92 Å². The summed E-state index contributed by atoms with van der Waals surface area (Å²) in [6.45, 7) is 3.00. The second-order valence-electron chi connectivity index (χ2n) is 5.18. The number of hydrogen-bond donors (Lipinski definition) is 1. The van der Waals surface area contributed by atoms with E-state index in [0.717, 1.165) is 12.1 Å². The molecule has 0 radical (unpaired) electrons. The maximum Gasteiger partial charge on any atom is 0.269 e. The van der Waals surface area contributed by atoms with Gasteiger partial charge in [0, 0.05) is 24.7 Å². The van der Waals surface area contributed by atoms with E-state index in [-0.39, 0.29) is 10.6 Å². The van der Waals surface area contributed by atoms with Gasteiger partial charge in [-0.3, -0.25) is 10.1 Å². The van der Waals surface area contributed by atoms with Crippen LogP contribution in [0.5, 0.6) is 0 Å². The largest absolute Gasteiger partial charge is 0.310 e. The van der Waals surface area contributed by atoms with E-state index in [9.17, 15) is 10.1 Å². The molecule has 1 aliphatic rings. The number of hydrogen-bond acceptors (Lipinski definition) is 3. The first kappa shape index (κ1) is 13.0. The Labute approximate surface area is 108 Å². The molecule has 1 aromatic rings. The van der Waals surface area contributed by atoms with Gasteiger partial charge in [0.05, 0.1) is 4.92 Å². The van der Waals surface area contributed by atoms with Crippen molar-refractivity contribution in [3.8, 4) is 0 Å². The fraction of sp³-hybridized carbons (Fsp3) is 0.571. The summed E-state index contributed by atoms with van der Waals surface area (Å²) in [6.07, 6.45) is 5.12. The molecule has 1 fully saturated rings. The smallest absolute Gasteiger partial charge is 0.269 e. The zero-order chi connectivity index (χ0) is 13.0. The van der Waals surface area contributed by atoms with Crippen LogP contribution >= 0.6 is 0 Å². The molecule has 4 nitrogen and oxygen atoms in total. The van der Waals surface area contributed by atoms with Gasteiger partial charge in [-0.25, -0.2) is 0 Å². The van der Waals surface area contributed by atoms with Crippen molar-refractivity contribution in [3.05, 3.63) is 39.9 Å². The van der Waals surface area contributed by atoms with E-state index in [0.29, 0.717) is 12.0 Å². The van der Waals surface area contributed by atoms with Crippen molar-refractivity contribution in [3.63, 3.8) is 0 Å². The predicted molar refractivity (Wildman–Crippen MR) is 71.4 cm³/mol. The Morgan fingerprint density at radius 2 is 2.17 bits per heavy atom. The zero-order valence-electron chi connectivity index (χ0n) is 10.8. The van der Waals surface area contributed by atoms with Gasteiger partial charge in [-0.15, -0.1) is 0 Å². The van der Waals surface area contributed by atoms with E-state index >= 15 is 0 Å². The van der Waals surface area contributed by atoms with Crippen LogP contribution in [0.2, 0.25) is 0 Å². The Balaban J connectivity index is 1.93. The van der Waals surface area contributed by atoms with Crippen molar-refractivity contribution in [1.82, 2.24) is 5.32 Å². The SMILES string of the molecule is C[C@H]1CCCC[C@@H]1NCc1cccc([N+](=O)[O-])c1. The van der Waals surface area contributed by atoms with Crippen LogP contribution in [-0.4, -0.2) is 11.0 Å². The lowest BCUT2D eigenvalue weighted by Gasteiger charge is -2.29. The quantitative estimate of drug-likeness (QED) is 0.657. The molecule has 4 heteroatoms. The van der Waals surface area contributed by atoms with Gasteiger partial charge < -0.3 is 5.32 Å². The van der Waals surface area contributed by atoms with Crippen molar-refractivity contribution in [2.75, 3.05) is 0 Å². The second kappa shape index (κ2) is 5.96. The Morgan fingerprint density at radius 3 is 2.89 bits per heavy atom. The van der Waals surface area contributed by atoms with Gasteiger partial charge >= 0.3 is 0 Å². The first-order valence-corrected chi connectivity index (χ1v) is 6.63. The van der Waals surface area contributed by atoms with Gasteiger partial charge in [0.25, 0.3) is 5.69 Å². The van der Waals surface area contributed by atoms with Crippen LogP contribution in [-0.2, 0) is 6.54 Å². The maximum atomic E-state index is 10.7. The lowest BCUT2D eigenvalue weighted by Crippen LogP contribution is -2.36. The summed E-state index contributed by atoms with van der Waals surface area (Å²) in [5, 5.41) is 14.2. The molecule has 0 aromatic heterocycles. The number of non-ortho nitro benzene ring substituents is 1. The number of nitro benzene ring substituents is 1.